The summed E-state index contributed by atoms with van der Waals surface area (Å²) in [6.07, 6.45) is 0. The first kappa shape index (κ1) is 22.9. The molecule has 1 aliphatic rings. The fraction of sp³-hybridized carbons (Fsp3) is 0.0625. The van der Waals surface area contributed by atoms with Gasteiger partial charge in [0.25, 0.3) is 0 Å². The molecule has 4 nitrogen and oxygen atoms in total. The smallest absolute Gasteiger partial charge is 0.164 e. The molecule has 0 saturated carbocycles. The monoisotopic (exact) mass is 674 g/mol. The number of benzene rings is 7. The summed E-state index contributed by atoms with van der Waals surface area (Å²) in [5.41, 5.74) is 8.48. The first-order valence-electron chi connectivity index (χ1n) is 21.1. The van der Waals surface area contributed by atoms with E-state index in [2.05, 4.69) is 38.1 Å². The number of aromatic nitrogens is 4. The Morgan fingerprint density at radius 2 is 1.02 bits per heavy atom. The van der Waals surface area contributed by atoms with Crippen LogP contribution in [0.5, 0.6) is 0 Å². The molecule has 0 N–H and O–H groups in total. The highest BCUT2D eigenvalue weighted by atomic mass is 15.0. The standard InChI is InChI=1S/C48H34N4/c1-48(2)40-24-12-9-22-38(40)44-39(23-15-25-41(44)48)47-50-45(32-18-7-4-8-19-32)49-46(51-47)34-28-33(31-16-5-3-6-17-31)29-35(30-34)52-42-26-13-10-20-36(42)37-21-11-14-27-43(37)52/h3-30H,1-2H3/i10D,11D,13D,14D,20D,21D,26D,27D. The zero-order chi connectivity index (χ0) is 41.8. The van der Waals surface area contributed by atoms with Crippen LogP contribution in [0.15, 0.2) is 170 Å². The Morgan fingerprint density at radius 1 is 0.481 bits per heavy atom. The average molecular weight is 675 g/mol. The molecule has 0 atom stereocenters. The van der Waals surface area contributed by atoms with E-state index in [1.165, 1.54) is 15.7 Å². The van der Waals surface area contributed by atoms with Crippen molar-refractivity contribution >= 4 is 21.8 Å². The number of hydrogen-bond acceptors (Lipinski definition) is 3. The Bertz CT molecular complexity index is 3200. The van der Waals surface area contributed by atoms with Crippen LogP contribution in [-0.2, 0) is 5.41 Å². The molecular formula is C48H34N4. The van der Waals surface area contributed by atoms with Crippen molar-refractivity contribution in [2.75, 3.05) is 0 Å². The van der Waals surface area contributed by atoms with Crippen LogP contribution >= 0.6 is 0 Å². The topological polar surface area (TPSA) is 43.6 Å². The van der Waals surface area contributed by atoms with Crippen molar-refractivity contribution in [2.24, 2.45) is 0 Å². The number of rotatable bonds is 5. The molecule has 0 amide bonds. The second kappa shape index (κ2) is 11.7. The van der Waals surface area contributed by atoms with E-state index in [0.717, 1.165) is 33.4 Å². The second-order valence-electron chi connectivity index (χ2n) is 13.5. The summed E-state index contributed by atoms with van der Waals surface area (Å²) in [7, 11) is 0. The molecule has 246 valence electrons. The Balaban J connectivity index is 1.31. The fourth-order valence-corrected chi connectivity index (χ4v) is 7.63. The summed E-state index contributed by atoms with van der Waals surface area (Å²) in [6, 6.07) is 36.1. The minimum Gasteiger partial charge on any atom is -0.309 e. The highest BCUT2D eigenvalue weighted by Gasteiger charge is 2.37. The predicted molar refractivity (Wildman–Crippen MR) is 213 cm³/mol. The van der Waals surface area contributed by atoms with Gasteiger partial charge in [-0.25, -0.2) is 15.0 Å². The van der Waals surface area contributed by atoms with Gasteiger partial charge in [0, 0.05) is 38.6 Å². The van der Waals surface area contributed by atoms with Gasteiger partial charge in [-0.3, -0.25) is 0 Å². The van der Waals surface area contributed by atoms with Gasteiger partial charge in [-0.1, -0.05) is 153 Å². The summed E-state index contributed by atoms with van der Waals surface area (Å²) in [4.78, 5) is 15.4. The summed E-state index contributed by atoms with van der Waals surface area (Å²) < 4.78 is 72.2. The summed E-state index contributed by atoms with van der Waals surface area (Å²) in [5, 5.41) is 0.00854. The van der Waals surface area contributed by atoms with Gasteiger partial charge < -0.3 is 4.57 Å². The maximum atomic E-state index is 9.16. The number of hydrogen-bond donors (Lipinski definition) is 0. The van der Waals surface area contributed by atoms with Gasteiger partial charge >= 0.3 is 0 Å². The minimum atomic E-state index is -0.498. The van der Waals surface area contributed by atoms with E-state index in [0.29, 0.717) is 28.7 Å². The molecule has 0 aliphatic heterocycles. The van der Waals surface area contributed by atoms with Crippen molar-refractivity contribution in [1.82, 2.24) is 19.5 Å². The van der Waals surface area contributed by atoms with E-state index in [9.17, 15) is 0 Å². The Labute approximate surface area is 314 Å². The molecule has 2 aromatic heterocycles. The molecule has 0 fully saturated rings. The summed E-state index contributed by atoms with van der Waals surface area (Å²) in [5.74, 6) is 1.26. The number of fused-ring (bicyclic) bond motifs is 6. The third-order valence-corrected chi connectivity index (χ3v) is 10.1. The Morgan fingerprint density at radius 3 is 1.73 bits per heavy atom. The lowest BCUT2D eigenvalue weighted by Crippen LogP contribution is -2.14. The molecule has 1 aliphatic carbocycles. The number of para-hydroxylation sites is 2. The van der Waals surface area contributed by atoms with E-state index in [-0.39, 0.29) is 39.3 Å². The van der Waals surface area contributed by atoms with Gasteiger partial charge in [-0.2, -0.15) is 0 Å². The largest absolute Gasteiger partial charge is 0.309 e. The van der Waals surface area contributed by atoms with Crippen LogP contribution in [0, 0.1) is 0 Å². The molecule has 0 unspecified atom stereocenters. The van der Waals surface area contributed by atoms with E-state index < -0.39 is 36.3 Å². The van der Waals surface area contributed by atoms with Crippen molar-refractivity contribution in [3.05, 3.63) is 181 Å². The molecule has 52 heavy (non-hydrogen) atoms. The molecule has 0 radical (unpaired) electrons. The van der Waals surface area contributed by atoms with Gasteiger partial charge in [0.1, 0.15) is 0 Å². The zero-order valence-electron chi connectivity index (χ0n) is 36.3. The van der Waals surface area contributed by atoms with E-state index in [1.807, 2.05) is 91.0 Å². The van der Waals surface area contributed by atoms with Gasteiger partial charge in [-0.05, 0) is 63.7 Å². The average Bonchev–Trinajstić information content (AvgIpc) is 3.76. The molecule has 10 rings (SSSR count). The van der Waals surface area contributed by atoms with E-state index in [1.54, 1.807) is 6.07 Å². The summed E-state index contributed by atoms with van der Waals surface area (Å²) >= 11 is 0. The fourth-order valence-electron chi connectivity index (χ4n) is 7.63. The number of nitrogens with zero attached hydrogens (tertiary/aromatic N) is 4. The first-order valence-corrected chi connectivity index (χ1v) is 17.1. The lowest BCUT2D eigenvalue weighted by molar-refractivity contribution is 0.660. The van der Waals surface area contributed by atoms with Gasteiger partial charge in [0.2, 0.25) is 0 Å². The Hall–Kier alpha value is -6.65. The lowest BCUT2D eigenvalue weighted by atomic mass is 9.82. The molecule has 0 spiro atoms. The maximum absolute atomic E-state index is 9.16. The van der Waals surface area contributed by atoms with Crippen molar-refractivity contribution in [2.45, 2.75) is 19.3 Å². The molecular weight excluding hydrogens is 633 g/mol. The van der Waals surface area contributed by atoms with Crippen LogP contribution in [0.3, 0.4) is 0 Å². The van der Waals surface area contributed by atoms with E-state index in [4.69, 9.17) is 25.9 Å². The van der Waals surface area contributed by atoms with Gasteiger partial charge in [0.05, 0.1) is 22.0 Å². The second-order valence-corrected chi connectivity index (χ2v) is 13.5. The molecule has 9 aromatic rings. The third-order valence-electron chi connectivity index (χ3n) is 10.1. The SMILES string of the molecule is [2H]c1c([2H])c([2H])c2c(c1[2H])c1c([2H])c([2H])c([2H])c([2H])c1n2-c1cc(-c2ccccc2)cc(-c2nc(-c3ccccc3)nc(-c3cccc4c3-c3ccccc3C4(C)C)n2)c1. The molecule has 7 aromatic carbocycles. The van der Waals surface area contributed by atoms with Crippen LogP contribution in [0.4, 0.5) is 0 Å². The third kappa shape index (κ3) is 4.72. The van der Waals surface area contributed by atoms with E-state index >= 15 is 0 Å². The van der Waals surface area contributed by atoms with Gasteiger partial charge in [-0.15, -0.1) is 0 Å². The highest BCUT2D eigenvalue weighted by Crippen LogP contribution is 2.51. The van der Waals surface area contributed by atoms with Crippen molar-refractivity contribution in [3.8, 4) is 62.1 Å². The molecule has 2 heterocycles. The lowest BCUT2D eigenvalue weighted by Gasteiger charge is -2.21. The normalized spacial score (nSPS) is 15.1. The van der Waals surface area contributed by atoms with Crippen LogP contribution < -0.4 is 0 Å². The zero-order valence-corrected chi connectivity index (χ0v) is 28.3. The summed E-state index contributed by atoms with van der Waals surface area (Å²) in [6.45, 7) is 4.45. The van der Waals surface area contributed by atoms with Crippen LogP contribution in [0.25, 0.3) is 83.9 Å². The van der Waals surface area contributed by atoms with Crippen molar-refractivity contribution in [3.63, 3.8) is 0 Å². The van der Waals surface area contributed by atoms with Crippen LogP contribution in [0.1, 0.15) is 35.9 Å². The highest BCUT2D eigenvalue weighted by molar-refractivity contribution is 6.09. The Kier molecular flexibility index (Phi) is 5.17. The predicted octanol–water partition coefficient (Wildman–Crippen LogP) is 11.9. The molecule has 0 bridgehead atoms. The van der Waals surface area contributed by atoms with Crippen LogP contribution in [-0.4, -0.2) is 19.5 Å². The first-order chi connectivity index (χ1) is 28.9. The minimum absolute atomic E-state index is 0.00427. The van der Waals surface area contributed by atoms with Crippen molar-refractivity contribution in [1.29, 1.82) is 0 Å². The molecule has 4 heteroatoms. The quantitative estimate of drug-likeness (QED) is 0.182. The maximum Gasteiger partial charge on any atom is 0.164 e. The van der Waals surface area contributed by atoms with Gasteiger partial charge in [0.15, 0.2) is 17.5 Å². The molecule has 0 saturated heterocycles. The van der Waals surface area contributed by atoms with Crippen molar-refractivity contribution < 1.29 is 11.0 Å². The van der Waals surface area contributed by atoms with Crippen LogP contribution in [0.2, 0.25) is 0 Å².